The van der Waals surface area contributed by atoms with Gasteiger partial charge < -0.3 is 10.5 Å². The van der Waals surface area contributed by atoms with Crippen LogP contribution in [0.3, 0.4) is 0 Å². The van der Waals surface area contributed by atoms with E-state index in [0.717, 1.165) is 22.4 Å². The van der Waals surface area contributed by atoms with Crippen LogP contribution < -0.4 is 10.5 Å². The molecule has 106 valence electrons. The standard InChI is InChI=1S/C16H15N3O2/c1-19-15(17)18-16(21-19)12-7-3-2-6-11(12)10-20-14-9-5-4-8-13(14)16/h2-9H,10H2,1H3,(H2,17,18). The molecule has 5 heteroatoms. The summed E-state index contributed by atoms with van der Waals surface area (Å²) in [6.45, 7) is 0.484. The predicted octanol–water partition coefficient (Wildman–Crippen LogP) is 1.97. The molecule has 0 saturated carbocycles. The number of nitrogens with zero attached hydrogens (tertiary/aromatic N) is 2. The number of hydrogen-bond acceptors (Lipinski definition) is 5. The molecule has 0 amide bonds. The third-order valence-corrected chi connectivity index (χ3v) is 3.88. The summed E-state index contributed by atoms with van der Waals surface area (Å²) in [4.78, 5) is 10.7. The van der Waals surface area contributed by atoms with E-state index in [1.54, 1.807) is 7.05 Å². The van der Waals surface area contributed by atoms with Gasteiger partial charge in [0.2, 0.25) is 11.7 Å². The van der Waals surface area contributed by atoms with Gasteiger partial charge in [0.05, 0.1) is 5.56 Å². The first-order valence-electron chi connectivity index (χ1n) is 6.79. The molecule has 0 saturated heterocycles. The molecule has 2 aromatic rings. The Hall–Kier alpha value is -2.53. The minimum absolute atomic E-state index is 0.349. The Kier molecular flexibility index (Phi) is 2.46. The lowest BCUT2D eigenvalue weighted by Crippen LogP contribution is -2.32. The predicted molar refractivity (Wildman–Crippen MR) is 78.5 cm³/mol. The van der Waals surface area contributed by atoms with E-state index in [1.165, 1.54) is 5.06 Å². The number of nitrogens with two attached hydrogens (primary N) is 1. The van der Waals surface area contributed by atoms with Crippen LogP contribution in [0.25, 0.3) is 0 Å². The van der Waals surface area contributed by atoms with Crippen LogP contribution in [-0.4, -0.2) is 18.1 Å². The van der Waals surface area contributed by atoms with E-state index in [4.69, 9.17) is 15.3 Å². The lowest BCUT2D eigenvalue weighted by Gasteiger charge is -2.27. The second-order valence-corrected chi connectivity index (χ2v) is 5.14. The molecule has 1 spiro atoms. The average Bonchev–Trinajstić information content (AvgIpc) is 2.74. The van der Waals surface area contributed by atoms with Crippen molar-refractivity contribution in [1.82, 2.24) is 5.06 Å². The van der Waals surface area contributed by atoms with E-state index in [0.29, 0.717) is 12.6 Å². The first-order chi connectivity index (χ1) is 10.2. The molecule has 2 heterocycles. The minimum Gasteiger partial charge on any atom is -0.488 e. The zero-order valence-electron chi connectivity index (χ0n) is 11.6. The highest BCUT2D eigenvalue weighted by Crippen LogP contribution is 2.46. The van der Waals surface area contributed by atoms with Crippen LogP contribution >= 0.6 is 0 Å². The van der Waals surface area contributed by atoms with E-state index in [9.17, 15) is 0 Å². The number of fused-ring (bicyclic) bond motifs is 4. The SMILES string of the molecule is CN1OC2(N=C1N)c1ccccc1COc1ccccc12. The van der Waals surface area contributed by atoms with E-state index in [-0.39, 0.29) is 0 Å². The van der Waals surface area contributed by atoms with Crippen LogP contribution in [0.5, 0.6) is 5.75 Å². The molecule has 1 unspecified atom stereocenters. The van der Waals surface area contributed by atoms with Crippen molar-refractivity contribution in [3.05, 3.63) is 65.2 Å². The van der Waals surface area contributed by atoms with Gasteiger partial charge in [-0.1, -0.05) is 36.4 Å². The molecular formula is C16H15N3O2. The van der Waals surface area contributed by atoms with Gasteiger partial charge in [0.1, 0.15) is 12.4 Å². The number of benzene rings is 2. The first kappa shape index (κ1) is 12.2. The second kappa shape index (κ2) is 4.23. The highest BCUT2D eigenvalue weighted by molar-refractivity contribution is 5.79. The quantitative estimate of drug-likeness (QED) is 0.802. The van der Waals surface area contributed by atoms with Crippen LogP contribution in [0.15, 0.2) is 53.5 Å². The Labute approximate surface area is 122 Å². The molecular weight excluding hydrogens is 266 g/mol. The number of ether oxygens (including phenoxy) is 1. The molecule has 0 aromatic heterocycles. The van der Waals surface area contributed by atoms with Crippen molar-refractivity contribution in [3.8, 4) is 5.75 Å². The maximum Gasteiger partial charge on any atom is 0.243 e. The van der Waals surface area contributed by atoms with E-state index in [1.807, 2.05) is 48.5 Å². The van der Waals surface area contributed by atoms with Gasteiger partial charge in [-0.15, -0.1) is 0 Å². The molecule has 21 heavy (non-hydrogen) atoms. The van der Waals surface area contributed by atoms with Gasteiger partial charge in [0.15, 0.2) is 0 Å². The summed E-state index contributed by atoms with van der Waals surface area (Å²) in [7, 11) is 1.75. The summed E-state index contributed by atoms with van der Waals surface area (Å²) in [5, 5.41) is 1.50. The van der Waals surface area contributed by atoms with Crippen molar-refractivity contribution in [1.29, 1.82) is 0 Å². The molecule has 2 aliphatic heterocycles. The maximum absolute atomic E-state index is 6.06. The Balaban J connectivity index is 2.05. The molecule has 0 radical (unpaired) electrons. The molecule has 5 nitrogen and oxygen atoms in total. The molecule has 0 fully saturated rings. The van der Waals surface area contributed by atoms with Crippen LogP contribution in [0.2, 0.25) is 0 Å². The van der Waals surface area contributed by atoms with Crippen LogP contribution in [-0.2, 0) is 17.2 Å². The molecule has 2 N–H and O–H groups in total. The van der Waals surface area contributed by atoms with Crippen LogP contribution in [0.1, 0.15) is 16.7 Å². The second-order valence-electron chi connectivity index (χ2n) is 5.14. The fourth-order valence-corrected chi connectivity index (χ4v) is 2.87. The molecule has 2 aromatic carbocycles. The normalized spacial score (nSPS) is 23.1. The number of hydrogen-bond donors (Lipinski definition) is 1. The van der Waals surface area contributed by atoms with E-state index < -0.39 is 5.72 Å². The van der Waals surface area contributed by atoms with E-state index in [2.05, 4.69) is 4.99 Å². The summed E-state index contributed by atoms with van der Waals surface area (Å²) in [5.41, 5.74) is 7.86. The van der Waals surface area contributed by atoms with Gasteiger partial charge in [-0.05, 0) is 17.7 Å². The van der Waals surface area contributed by atoms with Gasteiger partial charge in [-0.25, -0.2) is 14.9 Å². The molecule has 1 atom stereocenters. The van der Waals surface area contributed by atoms with Crippen molar-refractivity contribution in [2.45, 2.75) is 12.3 Å². The van der Waals surface area contributed by atoms with Gasteiger partial charge in [-0.3, -0.25) is 0 Å². The van der Waals surface area contributed by atoms with Gasteiger partial charge in [0, 0.05) is 12.6 Å². The maximum atomic E-state index is 6.06. The number of hydroxylamine groups is 2. The third kappa shape index (κ3) is 1.64. The first-order valence-corrected chi connectivity index (χ1v) is 6.79. The fourth-order valence-electron chi connectivity index (χ4n) is 2.87. The minimum atomic E-state index is -0.970. The van der Waals surface area contributed by atoms with Crippen molar-refractivity contribution in [2.24, 2.45) is 10.7 Å². The fraction of sp³-hybridized carbons (Fsp3) is 0.188. The number of para-hydroxylation sites is 1. The Morgan fingerprint density at radius 3 is 2.57 bits per heavy atom. The Morgan fingerprint density at radius 2 is 1.81 bits per heavy atom. The summed E-state index contributed by atoms with van der Waals surface area (Å²) in [5.74, 6) is 1.11. The lowest BCUT2D eigenvalue weighted by molar-refractivity contribution is -0.152. The van der Waals surface area contributed by atoms with Crippen molar-refractivity contribution < 1.29 is 9.57 Å². The van der Waals surface area contributed by atoms with Crippen molar-refractivity contribution in [3.63, 3.8) is 0 Å². The highest BCUT2D eigenvalue weighted by atomic mass is 16.7. The monoisotopic (exact) mass is 281 g/mol. The Morgan fingerprint density at radius 1 is 1.10 bits per heavy atom. The summed E-state index contributed by atoms with van der Waals surface area (Å²) in [6, 6.07) is 15.8. The largest absolute Gasteiger partial charge is 0.488 e. The molecule has 4 rings (SSSR count). The third-order valence-electron chi connectivity index (χ3n) is 3.88. The van der Waals surface area contributed by atoms with Crippen molar-refractivity contribution in [2.75, 3.05) is 7.05 Å². The van der Waals surface area contributed by atoms with E-state index >= 15 is 0 Å². The molecule has 2 aliphatic rings. The van der Waals surface area contributed by atoms with Gasteiger partial charge >= 0.3 is 0 Å². The number of guanidine groups is 1. The highest BCUT2D eigenvalue weighted by Gasteiger charge is 2.47. The van der Waals surface area contributed by atoms with Crippen molar-refractivity contribution >= 4 is 5.96 Å². The van der Waals surface area contributed by atoms with Gasteiger partial charge in [-0.2, -0.15) is 0 Å². The number of rotatable bonds is 0. The zero-order valence-corrected chi connectivity index (χ0v) is 11.6. The van der Waals surface area contributed by atoms with Gasteiger partial charge in [0.25, 0.3) is 0 Å². The lowest BCUT2D eigenvalue weighted by atomic mass is 9.91. The number of aliphatic imine (C=N–C) groups is 1. The topological polar surface area (TPSA) is 60.1 Å². The molecule has 0 bridgehead atoms. The zero-order chi connectivity index (χ0) is 14.4. The Bertz CT molecular complexity index is 694. The smallest absolute Gasteiger partial charge is 0.243 e. The van der Waals surface area contributed by atoms with Crippen LogP contribution in [0.4, 0.5) is 0 Å². The summed E-state index contributed by atoms with van der Waals surface area (Å²) in [6.07, 6.45) is 0. The molecule has 0 aliphatic carbocycles. The van der Waals surface area contributed by atoms with Crippen LogP contribution in [0, 0.1) is 0 Å². The average molecular weight is 281 g/mol. The summed E-state index contributed by atoms with van der Waals surface area (Å²) < 4.78 is 5.92. The summed E-state index contributed by atoms with van der Waals surface area (Å²) >= 11 is 0.